The lowest BCUT2D eigenvalue weighted by Crippen LogP contribution is -2.25. The molecule has 1 aliphatic rings. The van der Waals surface area contributed by atoms with Crippen LogP contribution in [0.3, 0.4) is 0 Å². The van der Waals surface area contributed by atoms with E-state index in [1.54, 1.807) is 18.2 Å². The molecule has 6 nitrogen and oxygen atoms in total. The second kappa shape index (κ2) is 5.61. The highest BCUT2D eigenvalue weighted by Crippen LogP contribution is 2.23. The quantitative estimate of drug-likeness (QED) is 0.884. The smallest absolute Gasteiger partial charge is 0.308 e. The van der Waals surface area contributed by atoms with Crippen LogP contribution in [-0.4, -0.2) is 35.5 Å². The van der Waals surface area contributed by atoms with E-state index in [4.69, 9.17) is 15.1 Å². The Morgan fingerprint density at radius 3 is 2.90 bits per heavy atom. The normalized spacial score (nSPS) is 17.9. The summed E-state index contributed by atoms with van der Waals surface area (Å²) in [6.45, 7) is 0.517. The molecule has 0 bridgehead atoms. The van der Waals surface area contributed by atoms with Crippen molar-refractivity contribution in [2.75, 3.05) is 13.7 Å². The number of nitriles is 1. The molecule has 20 heavy (non-hydrogen) atoms. The van der Waals surface area contributed by atoms with Crippen molar-refractivity contribution < 1.29 is 19.4 Å². The molecule has 0 saturated carbocycles. The highest BCUT2D eigenvalue weighted by atomic mass is 16.5. The van der Waals surface area contributed by atoms with Crippen molar-refractivity contribution in [1.82, 2.24) is 4.90 Å². The van der Waals surface area contributed by atoms with Gasteiger partial charge in [-0.2, -0.15) is 5.26 Å². The van der Waals surface area contributed by atoms with Crippen LogP contribution in [-0.2, 0) is 16.1 Å². The maximum Gasteiger partial charge on any atom is 0.308 e. The number of carboxylic acid groups (broad SMARTS) is 1. The summed E-state index contributed by atoms with van der Waals surface area (Å²) in [5.74, 6) is -1.29. The Hall–Kier alpha value is -2.55. The molecule has 0 aromatic heterocycles. The average molecular weight is 274 g/mol. The number of aliphatic carboxylic acids is 1. The first-order chi connectivity index (χ1) is 9.55. The van der Waals surface area contributed by atoms with Gasteiger partial charge in [0.2, 0.25) is 5.91 Å². The molecule has 1 unspecified atom stereocenters. The van der Waals surface area contributed by atoms with Crippen molar-refractivity contribution >= 4 is 11.9 Å². The van der Waals surface area contributed by atoms with Gasteiger partial charge in [0.15, 0.2) is 0 Å². The Morgan fingerprint density at radius 1 is 1.60 bits per heavy atom. The Bertz CT molecular complexity index is 591. The lowest BCUT2D eigenvalue weighted by molar-refractivity contribution is -0.141. The molecule has 104 valence electrons. The summed E-state index contributed by atoms with van der Waals surface area (Å²) in [7, 11) is 1.48. The minimum absolute atomic E-state index is 0.0383. The van der Waals surface area contributed by atoms with E-state index in [1.807, 2.05) is 6.07 Å². The van der Waals surface area contributed by atoms with Gasteiger partial charge in [0.1, 0.15) is 11.8 Å². The Balaban J connectivity index is 2.13. The van der Waals surface area contributed by atoms with Crippen LogP contribution in [0.5, 0.6) is 5.75 Å². The van der Waals surface area contributed by atoms with Gasteiger partial charge in [-0.25, -0.2) is 0 Å². The summed E-state index contributed by atoms with van der Waals surface area (Å²) in [5.41, 5.74) is 1.17. The number of nitrogens with zero attached hydrogens (tertiary/aromatic N) is 2. The molecule has 1 saturated heterocycles. The number of carboxylic acids is 1. The highest BCUT2D eigenvalue weighted by molar-refractivity contribution is 5.86. The first kappa shape index (κ1) is 13.9. The fourth-order valence-corrected chi connectivity index (χ4v) is 2.25. The maximum absolute atomic E-state index is 11.7. The van der Waals surface area contributed by atoms with Crippen molar-refractivity contribution in [2.24, 2.45) is 5.92 Å². The molecule has 0 aliphatic carbocycles. The second-order valence-electron chi connectivity index (χ2n) is 4.66. The molecule has 1 heterocycles. The molecule has 1 N–H and O–H groups in total. The van der Waals surface area contributed by atoms with E-state index in [1.165, 1.54) is 12.0 Å². The molecular formula is C14H14N2O4. The van der Waals surface area contributed by atoms with Crippen molar-refractivity contribution in [3.05, 3.63) is 29.3 Å². The van der Waals surface area contributed by atoms with Crippen LogP contribution < -0.4 is 4.74 Å². The zero-order chi connectivity index (χ0) is 14.7. The van der Waals surface area contributed by atoms with E-state index in [0.29, 0.717) is 17.9 Å². The number of hydrogen-bond donors (Lipinski definition) is 1. The Kier molecular flexibility index (Phi) is 3.89. The van der Waals surface area contributed by atoms with Crippen LogP contribution in [0.25, 0.3) is 0 Å². The summed E-state index contributed by atoms with van der Waals surface area (Å²) in [6, 6.07) is 7.12. The predicted octanol–water partition coefficient (Wildman–Crippen LogP) is 1.000. The number of carbonyl (C=O) groups is 2. The summed E-state index contributed by atoms with van der Waals surface area (Å²) < 4.78 is 5.05. The van der Waals surface area contributed by atoms with Crippen molar-refractivity contribution in [3.8, 4) is 11.8 Å². The molecule has 1 atom stereocenters. The van der Waals surface area contributed by atoms with Gasteiger partial charge in [-0.3, -0.25) is 9.59 Å². The number of amides is 1. The van der Waals surface area contributed by atoms with E-state index >= 15 is 0 Å². The van der Waals surface area contributed by atoms with E-state index in [9.17, 15) is 9.59 Å². The predicted molar refractivity (Wildman–Crippen MR) is 68.9 cm³/mol. The summed E-state index contributed by atoms with van der Waals surface area (Å²) in [6.07, 6.45) is 0.0383. The van der Waals surface area contributed by atoms with Gasteiger partial charge in [0.05, 0.1) is 18.6 Å². The minimum atomic E-state index is -0.951. The molecule has 1 fully saturated rings. The minimum Gasteiger partial charge on any atom is -0.495 e. The molecule has 1 aromatic carbocycles. The Labute approximate surface area is 116 Å². The number of likely N-dealkylation sites (tertiary alicyclic amines) is 1. The Morgan fingerprint density at radius 2 is 2.35 bits per heavy atom. The zero-order valence-corrected chi connectivity index (χ0v) is 11.0. The van der Waals surface area contributed by atoms with Gasteiger partial charge in [0.25, 0.3) is 0 Å². The molecule has 6 heteroatoms. The number of rotatable bonds is 4. The van der Waals surface area contributed by atoms with Crippen LogP contribution in [0.15, 0.2) is 18.2 Å². The molecule has 1 amide bonds. The molecular weight excluding hydrogens is 260 g/mol. The SMILES string of the molecule is COc1ccc(CN2CC(C(=O)O)CC2=O)cc1C#N. The number of carbonyl (C=O) groups excluding carboxylic acids is 1. The third kappa shape index (κ3) is 2.72. The van der Waals surface area contributed by atoms with Gasteiger partial charge >= 0.3 is 5.97 Å². The van der Waals surface area contributed by atoms with Gasteiger partial charge in [-0.1, -0.05) is 6.07 Å². The zero-order valence-electron chi connectivity index (χ0n) is 11.0. The topological polar surface area (TPSA) is 90.6 Å². The summed E-state index contributed by atoms with van der Waals surface area (Å²) in [5, 5.41) is 17.9. The third-order valence-electron chi connectivity index (χ3n) is 3.32. The van der Waals surface area contributed by atoms with Crippen molar-refractivity contribution in [2.45, 2.75) is 13.0 Å². The third-order valence-corrected chi connectivity index (χ3v) is 3.32. The molecule has 0 spiro atoms. The number of benzene rings is 1. The van der Waals surface area contributed by atoms with Crippen LogP contribution in [0.1, 0.15) is 17.5 Å². The van der Waals surface area contributed by atoms with E-state index in [2.05, 4.69) is 0 Å². The maximum atomic E-state index is 11.7. The van der Waals surface area contributed by atoms with Crippen LogP contribution in [0.4, 0.5) is 0 Å². The lowest BCUT2D eigenvalue weighted by Gasteiger charge is -2.16. The monoisotopic (exact) mass is 274 g/mol. The molecule has 1 aliphatic heterocycles. The van der Waals surface area contributed by atoms with E-state index in [-0.39, 0.29) is 18.9 Å². The summed E-state index contributed by atoms with van der Waals surface area (Å²) >= 11 is 0. The largest absolute Gasteiger partial charge is 0.495 e. The van der Waals surface area contributed by atoms with Crippen LogP contribution in [0, 0.1) is 17.2 Å². The first-order valence-corrected chi connectivity index (χ1v) is 6.12. The van der Waals surface area contributed by atoms with Crippen molar-refractivity contribution in [1.29, 1.82) is 5.26 Å². The number of ether oxygens (including phenoxy) is 1. The van der Waals surface area contributed by atoms with Gasteiger partial charge in [-0.05, 0) is 17.7 Å². The van der Waals surface area contributed by atoms with Crippen LogP contribution in [0.2, 0.25) is 0 Å². The summed E-state index contributed by atoms with van der Waals surface area (Å²) in [4.78, 5) is 24.1. The van der Waals surface area contributed by atoms with Gasteiger partial charge in [-0.15, -0.1) is 0 Å². The average Bonchev–Trinajstić information content (AvgIpc) is 2.80. The van der Waals surface area contributed by atoms with E-state index in [0.717, 1.165) is 5.56 Å². The van der Waals surface area contributed by atoms with Gasteiger partial charge in [0, 0.05) is 19.5 Å². The first-order valence-electron chi connectivity index (χ1n) is 6.12. The highest BCUT2D eigenvalue weighted by Gasteiger charge is 2.34. The molecule has 1 aromatic rings. The van der Waals surface area contributed by atoms with Gasteiger partial charge < -0.3 is 14.7 Å². The second-order valence-corrected chi connectivity index (χ2v) is 4.66. The fourth-order valence-electron chi connectivity index (χ4n) is 2.25. The lowest BCUT2D eigenvalue weighted by atomic mass is 10.1. The van der Waals surface area contributed by atoms with Crippen molar-refractivity contribution in [3.63, 3.8) is 0 Å². The fraction of sp³-hybridized carbons (Fsp3) is 0.357. The van der Waals surface area contributed by atoms with E-state index < -0.39 is 11.9 Å². The standard InChI is InChI=1S/C14H14N2O4/c1-20-12-3-2-9(4-10(12)6-15)7-16-8-11(14(18)19)5-13(16)17/h2-4,11H,5,7-8H2,1H3,(H,18,19). The molecule has 2 rings (SSSR count). The number of methoxy groups -OCH3 is 1. The van der Waals surface area contributed by atoms with Crippen LogP contribution >= 0.6 is 0 Å². The molecule has 0 radical (unpaired) electrons. The number of hydrogen-bond acceptors (Lipinski definition) is 4.